The quantitative estimate of drug-likeness (QED) is 0.539. The van der Waals surface area contributed by atoms with Crippen molar-refractivity contribution in [3.05, 3.63) is 83.0 Å². The van der Waals surface area contributed by atoms with Gasteiger partial charge in [0, 0.05) is 23.5 Å². The molecule has 0 fully saturated rings. The molecule has 0 radical (unpaired) electrons. The highest BCUT2D eigenvalue weighted by Crippen LogP contribution is 2.23. The van der Waals surface area contributed by atoms with Crippen LogP contribution in [-0.4, -0.2) is 21.0 Å². The fraction of sp³-hybridized carbons (Fsp3) is 0.143. The Balaban J connectivity index is 1.84. The van der Waals surface area contributed by atoms with Crippen LogP contribution >= 0.6 is 11.6 Å². The Morgan fingerprint density at radius 3 is 2.39 bits per heavy atom. The van der Waals surface area contributed by atoms with E-state index in [0.29, 0.717) is 21.5 Å². The molecule has 3 rings (SSSR count). The molecule has 0 aliphatic rings. The molecule has 0 bridgehead atoms. The lowest BCUT2D eigenvalue weighted by Gasteiger charge is -2.12. The molecule has 5 nitrogen and oxygen atoms in total. The number of nitrogens with zero attached hydrogens (tertiary/aromatic N) is 1. The summed E-state index contributed by atoms with van der Waals surface area (Å²) >= 11 is 6.04. The van der Waals surface area contributed by atoms with Crippen LogP contribution in [0.25, 0.3) is 0 Å². The first-order valence-electron chi connectivity index (χ1n) is 8.74. The number of benzene rings is 2. The molecule has 2 N–H and O–H groups in total. The van der Waals surface area contributed by atoms with Gasteiger partial charge in [-0.1, -0.05) is 41.9 Å². The molecule has 2 aromatic carbocycles. The van der Waals surface area contributed by atoms with Gasteiger partial charge >= 0.3 is 0 Å². The highest BCUT2D eigenvalue weighted by molar-refractivity contribution is 7.86. The number of hydrogen-bond acceptors (Lipinski definition) is 4. The van der Waals surface area contributed by atoms with Crippen LogP contribution in [0.4, 0.5) is 11.5 Å². The van der Waals surface area contributed by atoms with Crippen LogP contribution in [0.15, 0.2) is 71.8 Å². The summed E-state index contributed by atoms with van der Waals surface area (Å²) in [6.07, 6.45) is 1.42. The van der Waals surface area contributed by atoms with Crippen LogP contribution in [0.3, 0.4) is 0 Å². The van der Waals surface area contributed by atoms with Crippen LogP contribution in [-0.2, 0) is 11.0 Å². The molecule has 0 saturated heterocycles. The number of anilines is 2. The van der Waals surface area contributed by atoms with Gasteiger partial charge in [0.1, 0.15) is 5.82 Å². The molecule has 0 spiro atoms. The second-order valence-corrected chi connectivity index (χ2v) is 8.09. The smallest absolute Gasteiger partial charge is 0.196 e. The summed E-state index contributed by atoms with van der Waals surface area (Å²) < 4.78 is 15.6. The molecule has 28 heavy (non-hydrogen) atoms. The molecular weight excluding hydrogens is 394 g/mol. The van der Waals surface area contributed by atoms with E-state index in [1.165, 1.54) is 12.3 Å². The standard InChI is InChI=1S/C21H20ClN3O2S/c1-14(2)24-17-8-10-18(11-9-17)28(27)25-21-19(12-16(22)13-23-21)20(26)15-6-4-3-5-7-15/h3-14,24H,1-2H3,(H,23,25). The van der Waals surface area contributed by atoms with Crippen LogP contribution in [0, 0.1) is 0 Å². The Bertz CT molecular complexity index is 992. The van der Waals surface area contributed by atoms with Gasteiger partial charge in [0.15, 0.2) is 16.8 Å². The Hall–Kier alpha value is -2.70. The van der Waals surface area contributed by atoms with Crippen LogP contribution < -0.4 is 10.0 Å². The molecule has 0 aliphatic carbocycles. The zero-order valence-electron chi connectivity index (χ0n) is 15.5. The summed E-state index contributed by atoms with van der Waals surface area (Å²) in [6.45, 7) is 4.09. The summed E-state index contributed by atoms with van der Waals surface area (Å²) in [5.74, 6) is -0.0208. The van der Waals surface area contributed by atoms with Crippen molar-refractivity contribution in [3.63, 3.8) is 0 Å². The number of carbonyl (C=O) groups is 1. The minimum Gasteiger partial charge on any atom is -0.383 e. The average Bonchev–Trinajstić information content (AvgIpc) is 2.69. The third-order valence-electron chi connectivity index (χ3n) is 3.85. The lowest BCUT2D eigenvalue weighted by Crippen LogP contribution is -2.13. The monoisotopic (exact) mass is 413 g/mol. The van der Waals surface area contributed by atoms with E-state index in [2.05, 4.69) is 15.0 Å². The van der Waals surface area contributed by atoms with Gasteiger partial charge in [-0.15, -0.1) is 0 Å². The van der Waals surface area contributed by atoms with Crippen molar-refractivity contribution in [2.24, 2.45) is 0 Å². The predicted molar refractivity (Wildman–Crippen MR) is 114 cm³/mol. The van der Waals surface area contributed by atoms with Crippen LogP contribution in [0.1, 0.15) is 29.8 Å². The first-order chi connectivity index (χ1) is 13.4. The normalized spacial score (nSPS) is 11.9. The minimum atomic E-state index is -1.58. The molecule has 7 heteroatoms. The minimum absolute atomic E-state index is 0.223. The first-order valence-corrected chi connectivity index (χ1v) is 10.3. The van der Waals surface area contributed by atoms with Gasteiger partial charge in [-0.2, -0.15) is 0 Å². The van der Waals surface area contributed by atoms with Gasteiger partial charge in [-0.05, 0) is 44.2 Å². The summed E-state index contributed by atoms with van der Waals surface area (Å²) in [5.41, 5.74) is 1.72. The molecule has 1 atom stereocenters. The van der Waals surface area contributed by atoms with E-state index >= 15 is 0 Å². The third kappa shape index (κ3) is 4.97. The highest BCUT2D eigenvalue weighted by atomic mass is 35.5. The number of carbonyl (C=O) groups excluding carboxylic acids is 1. The third-order valence-corrected chi connectivity index (χ3v) is 5.13. The number of halogens is 1. The largest absolute Gasteiger partial charge is 0.383 e. The van der Waals surface area contributed by atoms with Crippen molar-refractivity contribution in [1.29, 1.82) is 0 Å². The summed E-state index contributed by atoms with van der Waals surface area (Å²) in [5, 5.41) is 3.61. The number of nitrogens with one attached hydrogen (secondary N) is 2. The van der Waals surface area contributed by atoms with Crippen molar-refractivity contribution in [1.82, 2.24) is 4.98 Å². The summed E-state index contributed by atoms with van der Waals surface area (Å²) in [7, 11) is -1.58. The Morgan fingerprint density at radius 2 is 1.75 bits per heavy atom. The maximum atomic E-state index is 12.8. The molecule has 1 heterocycles. The fourth-order valence-electron chi connectivity index (χ4n) is 2.59. The molecule has 0 aliphatic heterocycles. The van der Waals surface area contributed by atoms with Crippen molar-refractivity contribution < 1.29 is 9.00 Å². The average molecular weight is 414 g/mol. The van der Waals surface area contributed by atoms with E-state index in [1.54, 1.807) is 36.4 Å². The van der Waals surface area contributed by atoms with E-state index in [1.807, 2.05) is 32.0 Å². The van der Waals surface area contributed by atoms with Crippen molar-refractivity contribution >= 4 is 39.9 Å². The molecule has 1 unspecified atom stereocenters. The van der Waals surface area contributed by atoms with E-state index in [0.717, 1.165) is 5.69 Å². The van der Waals surface area contributed by atoms with E-state index in [4.69, 9.17) is 11.6 Å². The SMILES string of the molecule is CC(C)Nc1ccc(S(=O)Nc2ncc(Cl)cc2C(=O)c2ccccc2)cc1. The molecule has 1 aromatic heterocycles. The molecular formula is C21H20ClN3O2S. The van der Waals surface area contributed by atoms with Crippen molar-refractivity contribution in [2.45, 2.75) is 24.8 Å². The second-order valence-electron chi connectivity index (χ2n) is 6.44. The fourth-order valence-corrected chi connectivity index (χ4v) is 3.59. The number of aromatic nitrogens is 1. The summed E-state index contributed by atoms with van der Waals surface area (Å²) in [4.78, 5) is 17.6. The maximum absolute atomic E-state index is 12.8. The Labute approximate surface area is 171 Å². The van der Waals surface area contributed by atoms with Crippen LogP contribution in [0.2, 0.25) is 5.02 Å². The highest BCUT2D eigenvalue weighted by Gasteiger charge is 2.17. The molecule has 3 aromatic rings. The topological polar surface area (TPSA) is 71.1 Å². The maximum Gasteiger partial charge on any atom is 0.196 e. The molecule has 0 amide bonds. The van der Waals surface area contributed by atoms with Crippen molar-refractivity contribution in [2.75, 3.05) is 10.0 Å². The summed E-state index contributed by atoms with van der Waals surface area (Å²) in [6, 6.07) is 17.9. The van der Waals surface area contributed by atoms with Crippen molar-refractivity contribution in [3.8, 4) is 0 Å². The number of hydrogen-bond donors (Lipinski definition) is 2. The van der Waals surface area contributed by atoms with Gasteiger partial charge in [0.05, 0.1) is 15.5 Å². The number of ketones is 1. The zero-order valence-corrected chi connectivity index (χ0v) is 17.1. The Kier molecular flexibility index (Phi) is 6.44. The van der Waals surface area contributed by atoms with Gasteiger partial charge in [-0.3, -0.25) is 9.52 Å². The molecule has 0 saturated carbocycles. The van der Waals surface area contributed by atoms with E-state index < -0.39 is 11.0 Å². The lowest BCUT2D eigenvalue weighted by molar-refractivity contribution is 0.103. The van der Waals surface area contributed by atoms with E-state index in [9.17, 15) is 9.00 Å². The number of pyridine rings is 1. The van der Waals surface area contributed by atoms with Crippen LogP contribution in [0.5, 0.6) is 0 Å². The first kappa shape index (κ1) is 20.0. The van der Waals surface area contributed by atoms with E-state index in [-0.39, 0.29) is 17.2 Å². The zero-order chi connectivity index (χ0) is 20.1. The van der Waals surface area contributed by atoms with Gasteiger partial charge in [0.25, 0.3) is 0 Å². The molecule has 144 valence electrons. The van der Waals surface area contributed by atoms with Gasteiger partial charge in [0.2, 0.25) is 0 Å². The van der Waals surface area contributed by atoms with Gasteiger partial charge in [-0.25, -0.2) is 9.19 Å². The second kappa shape index (κ2) is 8.99. The Morgan fingerprint density at radius 1 is 1.07 bits per heavy atom. The predicted octanol–water partition coefficient (Wildman–Crippen LogP) is 4.92. The van der Waals surface area contributed by atoms with Gasteiger partial charge < -0.3 is 5.32 Å². The number of rotatable bonds is 7. The lowest BCUT2D eigenvalue weighted by atomic mass is 10.0.